The summed E-state index contributed by atoms with van der Waals surface area (Å²) in [5, 5.41) is 9.45. The summed E-state index contributed by atoms with van der Waals surface area (Å²) in [5.74, 6) is 0.122. The SMILES string of the molecule is N#CC1(C(=O)N2CCC(N3CCCCC3)C2)CCCC1. The van der Waals surface area contributed by atoms with Gasteiger partial charge in [0.05, 0.1) is 6.07 Å². The van der Waals surface area contributed by atoms with Gasteiger partial charge in [0.15, 0.2) is 0 Å². The van der Waals surface area contributed by atoms with Crippen LogP contribution in [0.15, 0.2) is 0 Å². The molecule has 0 radical (unpaired) electrons. The van der Waals surface area contributed by atoms with E-state index in [0.29, 0.717) is 6.04 Å². The molecule has 2 heterocycles. The molecule has 110 valence electrons. The molecule has 0 bridgehead atoms. The summed E-state index contributed by atoms with van der Waals surface area (Å²) >= 11 is 0. The second-order valence-corrected chi connectivity index (χ2v) is 6.69. The third-order valence-electron chi connectivity index (χ3n) is 5.44. The summed E-state index contributed by atoms with van der Waals surface area (Å²) in [6.07, 6.45) is 8.64. The minimum absolute atomic E-state index is 0.122. The van der Waals surface area contributed by atoms with Crippen LogP contribution in [0.1, 0.15) is 51.4 Å². The molecular formula is C16H25N3O. The highest BCUT2D eigenvalue weighted by Crippen LogP contribution is 2.40. The van der Waals surface area contributed by atoms with E-state index in [2.05, 4.69) is 11.0 Å². The second-order valence-electron chi connectivity index (χ2n) is 6.69. The van der Waals surface area contributed by atoms with Crippen molar-refractivity contribution in [2.75, 3.05) is 26.2 Å². The number of nitriles is 1. The van der Waals surface area contributed by atoms with Gasteiger partial charge in [-0.1, -0.05) is 19.3 Å². The van der Waals surface area contributed by atoms with Crippen molar-refractivity contribution in [2.24, 2.45) is 5.41 Å². The number of carbonyl (C=O) groups is 1. The zero-order valence-electron chi connectivity index (χ0n) is 12.3. The molecule has 1 unspecified atom stereocenters. The van der Waals surface area contributed by atoms with Crippen LogP contribution in [0.3, 0.4) is 0 Å². The van der Waals surface area contributed by atoms with E-state index in [9.17, 15) is 10.1 Å². The van der Waals surface area contributed by atoms with Crippen LogP contribution in [0.2, 0.25) is 0 Å². The lowest BCUT2D eigenvalue weighted by atomic mass is 9.86. The normalized spacial score (nSPS) is 30.4. The maximum atomic E-state index is 12.7. The van der Waals surface area contributed by atoms with Crippen molar-refractivity contribution in [3.8, 4) is 6.07 Å². The Morgan fingerprint density at radius 3 is 2.40 bits per heavy atom. The van der Waals surface area contributed by atoms with Crippen molar-refractivity contribution in [3.63, 3.8) is 0 Å². The Hall–Kier alpha value is -1.08. The zero-order chi connectivity index (χ0) is 14.0. The molecule has 0 spiro atoms. The van der Waals surface area contributed by atoms with E-state index in [1.165, 1.54) is 32.4 Å². The van der Waals surface area contributed by atoms with Gasteiger partial charge < -0.3 is 4.90 Å². The fourth-order valence-corrected chi connectivity index (χ4v) is 4.16. The van der Waals surface area contributed by atoms with Crippen molar-refractivity contribution in [1.82, 2.24) is 9.80 Å². The van der Waals surface area contributed by atoms with Crippen molar-refractivity contribution >= 4 is 5.91 Å². The molecule has 1 atom stereocenters. The number of piperidine rings is 1. The molecule has 3 aliphatic rings. The van der Waals surface area contributed by atoms with Crippen LogP contribution in [0.5, 0.6) is 0 Å². The quantitative estimate of drug-likeness (QED) is 0.776. The van der Waals surface area contributed by atoms with Crippen molar-refractivity contribution in [2.45, 2.75) is 57.4 Å². The van der Waals surface area contributed by atoms with Crippen molar-refractivity contribution < 1.29 is 4.79 Å². The lowest BCUT2D eigenvalue weighted by Crippen LogP contribution is -2.44. The Labute approximate surface area is 121 Å². The number of nitrogens with zero attached hydrogens (tertiary/aromatic N) is 3. The fraction of sp³-hybridized carbons (Fsp3) is 0.875. The molecule has 4 heteroatoms. The average Bonchev–Trinajstić information content (AvgIpc) is 3.17. The monoisotopic (exact) mass is 275 g/mol. The molecule has 0 aromatic rings. The maximum absolute atomic E-state index is 12.7. The summed E-state index contributed by atoms with van der Waals surface area (Å²) < 4.78 is 0. The molecular weight excluding hydrogens is 250 g/mol. The zero-order valence-corrected chi connectivity index (χ0v) is 12.3. The number of carbonyl (C=O) groups excluding carboxylic acids is 1. The standard InChI is InChI=1S/C16H25N3O/c17-13-16(7-2-3-8-16)15(20)19-11-6-14(12-19)18-9-4-1-5-10-18/h14H,1-12H2. The highest BCUT2D eigenvalue weighted by atomic mass is 16.2. The van der Waals surface area contributed by atoms with E-state index in [1.807, 2.05) is 4.90 Å². The summed E-state index contributed by atoms with van der Waals surface area (Å²) in [4.78, 5) is 17.3. The molecule has 0 aromatic carbocycles. The average molecular weight is 275 g/mol. The lowest BCUT2D eigenvalue weighted by molar-refractivity contribution is -0.137. The van der Waals surface area contributed by atoms with Crippen LogP contribution in [0, 0.1) is 16.7 Å². The van der Waals surface area contributed by atoms with Gasteiger partial charge in [-0.25, -0.2) is 0 Å². The van der Waals surface area contributed by atoms with Gasteiger partial charge in [0.2, 0.25) is 5.91 Å². The molecule has 4 nitrogen and oxygen atoms in total. The van der Waals surface area contributed by atoms with Gasteiger partial charge in [0.25, 0.3) is 0 Å². The van der Waals surface area contributed by atoms with E-state index >= 15 is 0 Å². The molecule has 1 saturated carbocycles. The minimum Gasteiger partial charge on any atom is -0.340 e. The minimum atomic E-state index is -0.684. The van der Waals surface area contributed by atoms with Gasteiger partial charge in [-0.3, -0.25) is 9.69 Å². The summed E-state index contributed by atoms with van der Waals surface area (Å²) in [5.41, 5.74) is -0.684. The summed E-state index contributed by atoms with van der Waals surface area (Å²) in [6.45, 7) is 4.08. The van der Waals surface area contributed by atoms with Gasteiger partial charge in [-0.15, -0.1) is 0 Å². The molecule has 0 aromatic heterocycles. The molecule has 20 heavy (non-hydrogen) atoms. The van der Waals surface area contributed by atoms with Crippen LogP contribution in [-0.4, -0.2) is 47.9 Å². The van der Waals surface area contributed by atoms with Crippen molar-refractivity contribution in [3.05, 3.63) is 0 Å². The first-order valence-corrected chi connectivity index (χ1v) is 8.20. The predicted molar refractivity (Wildman–Crippen MR) is 76.9 cm³/mol. The van der Waals surface area contributed by atoms with E-state index in [4.69, 9.17) is 0 Å². The second kappa shape index (κ2) is 5.73. The Balaban J connectivity index is 1.62. The number of rotatable bonds is 2. The Kier molecular flexibility index (Phi) is 3.98. The van der Waals surface area contributed by atoms with Gasteiger partial charge in [0, 0.05) is 19.1 Å². The number of hydrogen-bond acceptors (Lipinski definition) is 3. The Bertz CT molecular complexity index is 402. The molecule has 3 fully saturated rings. The van der Waals surface area contributed by atoms with E-state index in [-0.39, 0.29) is 5.91 Å². The Morgan fingerprint density at radius 1 is 1.05 bits per heavy atom. The first-order chi connectivity index (χ1) is 9.75. The van der Waals surface area contributed by atoms with Crippen LogP contribution in [0.4, 0.5) is 0 Å². The number of hydrogen-bond donors (Lipinski definition) is 0. The van der Waals surface area contributed by atoms with Gasteiger partial charge in [-0.05, 0) is 45.2 Å². The van der Waals surface area contributed by atoms with Crippen LogP contribution in [-0.2, 0) is 4.79 Å². The topological polar surface area (TPSA) is 47.3 Å². The largest absolute Gasteiger partial charge is 0.340 e. The van der Waals surface area contributed by atoms with Gasteiger partial charge in [-0.2, -0.15) is 5.26 Å². The van der Waals surface area contributed by atoms with Gasteiger partial charge in [0.1, 0.15) is 5.41 Å². The third-order valence-corrected chi connectivity index (χ3v) is 5.44. The molecule has 2 saturated heterocycles. The van der Waals surface area contributed by atoms with E-state index in [1.54, 1.807) is 0 Å². The highest BCUT2D eigenvalue weighted by Gasteiger charge is 2.45. The van der Waals surface area contributed by atoms with E-state index < -0.39 is 5.41 Å². The first-order valence-electron chi connectivity index (χ1n) is 8.20. The van der Waals surface area contributed by atoms with Crippen LogP contribution < -0.4 is 0 Å². The van der Waals surface area contributed by atoms with E-state index in [0.717, 1.165) is 45.2 Å². The summed E-state index contributed by atoms with van der Waals surface area (Å²) in [7, 11) is 0. The lowest BCUT2D eigenvalue weighted by Gasteiger charge is -2.32. The molecule has 1 aliphatic carbocycles. The number of amides is 1. The summed E-state index contributed by atoms with van der Waals surface area (Å²) in [6, 6.07) is 2.88. The molecule has 3 rings (SSSR count). The molecule has 2 aliphatic heterocycles. The smallest absolute Gasteiger partial charge is 0.243 e. The third kappa shape index (κ3) is 2.44. The number of likely N-dealkylation sites (tertiary alicyclic amines) is 2. The highest BCUT2D eigenvalue weighted by molar-refractivity contribution is 5.86. The maximum Gasteiger partial charge on any atom is 0.243 e. The predicted octanol–water partition coefficient (Wildman–Crippen LogP) is 2.16. The molecule has 1 amide bonds. The van der Waals surface area contributed by atoms with Crippen LogP contribution in [0.25, 0.3) is 0 Å². The Morgan fingerprint density at radius 2 is 1.75 bits per heavy atom. The molecule has 0 N–H and O–H groups in total. The fourth-order valence-electron chi connectivity index (χ4n) is 4.16. The first kappa shape index (κ1) is 13.9. The van der Waals surface area contributed by atoms with Gasteiger partial charge >= 0.3 is 0 Å². The van der Waals surface area contributed by atoms with Crippen LogP contribution >= 0.6 is 0 Å². The van der Waals surface area contributed by atoms with Crippen molar-refractivity contribution in [1.29, 1.82) is 5.26 Å².